The number of rotatable bonds is 6. The van der Waals surface area contributed by atoms with Gasteiger partial charge in [0, 0.05) is 30.7 Å². The fourth-order valence-electron chi connectivity index (χ4n) is 4.90. The summed E-state index contributed by atoms with van der Waals surface area (Å²) >= 11 is 0. The molecule has 3 aliphatic carbocycles. The van der Waals surface area contributed by atoms with Gasteiger partial charge in [-0.05, 0) is 70.9 Å². The maximum absolute atomic E-state index is 5.97. The van der Waals surface area contributed by atoms with Crippen molar-refractivity contribution >= 4 is 0 Å². The first-order chi connectivity index (χ1) is 10.3. The first kappa shape index (κ1) is 14.5. The van der Waals surface area contributed by atoms with E-state index in [1.165, 1.54) is 71.0 Å². The number of likely N-dealkylation sites (tertiary alicyclic amines) is 1. The van der Waals surface area contributed by atoms with Crippen molar-refractivity contribution in [1.82, 2.24) is 10.2 Å². The van der Waals surface area contributed by atoms with Crippen LogP contribution in [0.5, 0.6) is 0 Å². The average molecular weight is 292 g/mol. The first-order valence-electron chi connectivity index (χ1n) is 9.40. The molecule has 0 bridgehead atoms. The van der Waals surface area contributed by atoms with Crippen molar-refractivity contribution in [2.24, 2.45) is 11.3 Å². The zero-order valence-electron chi connectivity index (χ0n) is 13.7. The summed E-state index contributed by atoms with van der Waals surface area (Å²) in [6.07, 6.45) is 11.7. The van der Waals surface area contributed by atoms with Gasteiger partial charge in [0.15, 0.2) is 0 Å². The van der Waals surface area contributed by atoms with Crippen LogP contribution in [-0.4, -0.2) is 49.3 Å². The van der Waals surface area contributed by atoms with Gasteiger partial charge in [-0.15, -0.1) is 0 Å². The Labute approximate surface area is 129 Å². The molecule has 3 saturated carbocycles. The van der Waals surface area contributed by atoms with E-state index in [9.17, 15) is 0 Å². The minimum atomic E-state index is 0.529. The van der Waals surface area contributed by atoms with Gasteiger partial charge in [0.2, 0.25) is 0 Å². The molecule has 3 heteroatoms. The van der Waals surface area contributed by atoms with Gasteiger partial charge in [0.05, 0.1) is 6.10 Å². The normalized spacial score (nSPS) is 36.4. The highest BCUT2D eigenvalue weighted by molar-refractivity contribution is 5.12. The van der Waals surface area contributed by atoms with E-state index in [1.807, 2.05) is 0 Å². The van der Waals surface area contributed by atoms with Gasteiger partial charge in [-0.2, -0.15) is 0 Å². The molecule has 1 aliphatic heterocycles. The van der Waals surface area contributed by atoms with Crippen molar-refractivity contribution in [2.45, 2.75) is 76.5 Å². The monoisotopic (exact) mass is 292 g/mol. The molecule has 1 N–H and O–H groups in total. The summed E-state index contributed by atoms with van der Waals surface area (Å²) in [7, 11) is 0. The lowest BCUT2D eigenvalue weighted by Crippen LogP contribution is -2.68. The molecule has 21 heavy (non-hydrogen) atoms. The van der Waals surface area contributed by atoms with Crippen molar-refractivity contribution < 1.29 is 4.74 Å². The molecule has 0 amide bonds. The van der Waals surface area contributed by atoms with Crippen molar-refractivity contribution in [1.29, 1.82) is 0 Å². The van der Waals surface area contributed by atoms with Crippen LogP contribution in [0, 0.1) is 11.3 Å². The molecule has 1 spiro atoms. The quantitative estimate of drug-likeness (QED) is 0.815. The lowest BCUT2D eigenvalue weighted by Gasteiger charge is -2.62. The summed E-state index contributed by atoms with van der Waals surface area (Å²) in [5, 5.41) is 4.02. The maximum Gasteiger partial charge on any atom is 0.0661 e. The second-order valence-corrected chi connectivity index (χ2v) is 8.00. The van der Waals surface area contributed by atoms with E-state index in [0.29, 0.717) is 11.5 Å². The van der Waals surface area contributed by atoms with E-state index in [1.54, 1.807) is 0 Å². The Hall–Kier alpha value is -0.120. The van der Waals surface area contributed by atoms with Crippen LogP contribution in [0.4, 0.5) is 0 Å². The van der Waals surface area contributed by atoms with Gasteiger partial charge in [-0.1, -0.05) is 6.42 Å². The van der Waals surface area contributed by atoms with Gasteiger partial charge in [-0.25, -0.2) is 0 Å². The lowest BCUT2D eigenvalue weighted by molar-refractivity contribution is -0.175. The number of nitrogens with zero attached hydrogens (tertiary/aromatic N) is 1. The van der Waals surface area contributed by atoms with Crippen LogP contribution in [0.25, 0.3) is 0 Å². The number of hydrogen-bond donors (Lipinski definition) is 1. The average Bonchev–Trinajstić information content (AvgIpc) is 3.21. The number of ether oxygens (including phenoxy) is 1. The van der Waals surface area contributed by atoms with E-state index < -0.39 is 0 Å². The maximum atomic E-state index is 5.97. The van der Waals surface area contributed by atoms with Gasteiger partial charge in [0.25, 0.3) is 0 Å². The molecular formula is C18H32N2O. The van der Waals surface area contributed by atoms with Crippen molar-refractivity contribution in [3.8, 4) is 0 Å². The molecule has 2 atom stereocenters. The topological polar surface area (TPSA) is 24.5 Å². The zero-order valence-corrected chi connectivity index (χ0v) is 13.7. The summed E-state index contributed by atoms with van der Waals surface area (Å²) < 4.78 is 5.97. The van der Waals surface area contributed by atoms with Crippen molar-refractivity contribution in [3.63, 3.8) is 0 Å². The SMILES string of the molecule is CCO[C@H]1C[C@H](NC2CCN(CC3CC3)CC2)C12CCC2. The van der Waals surface area contributed by atoms with Crippen LogP contribution in [0.1, 0.15) is 58.3 Å². The van der Waals surface area contributed by atoms with Crippen LogP contribution < -0.4 is 5.32 Å². The minimum Gasteiger partial charge on any atom is -0.378 e. The van der Waals surface area contributed by atoms with Crippen LogP contribution in [0.15, 0.2) is 0 Å². The summed E-state index contributed by atoms with van der Waals surface area (Å²) in [5.74, 6) is 1.05. The summed E-state index contributed by atoms with van der Waals surface area (Å²) in [6.45, 7) is 7.06. The standard InChI is InChI=1S/C18H32N2O/c1-2-21-17-12-16(18(17)8-3-9-18)19-15-6-10-20(11-7-15)13-14-4-5-14/h14-17,19H,2-13H2,1H3/t16-,17-/m0/s1. The Bertz CT molecular complexity index is 356. The number of nitrogens with one attached hydrogen (secondary N) is 1. The summed E-state index contributed by atoms with van der Waals surface area (Å²) in [6, 6.07) is 1.52. The number of piperidine rings is 1. The molecule has 4 fully saturated rings. The molecule has 1 saturated heterocycles. The predicted molar refractivity (Wildman–Crippen MR) is 85.4 cm³/mol. The fraction of sp³-hybridized carbons (Fsp3) is 1.00. The minimum absolute atomic E-state index is 0.529. The molecule has 0 aromatic heterocycles. The Balaban J connectivity index is 1.24. The Morgan fingerprint density at radius 1 is 1.14 bits per heavy atom. The molecule has 3 nitrogen and oxygen atoms in total. The predicted octanol–water partition coefficient (Wildman–Crippen LogP) is 2.80. The van der Waals surface area contributed by atoms with Gasteiger partial charge in [0.1, 0.15) is 0 Å². The van der Waals surface area contributed by atoms with Crippen LogP contribution in [0.3, 0.4) is 0 Å². The molecule has 0 aromatic carbocycles. The fourth-order valence-corrected chi connectivity index (χ4v) is 4.90. The van der Waals surface area contributed by atoms with E-state index in [4.69, 9.17) is 4.74 Å². The third kappa shape index (κ3) is 2.77. The Kier molecular flexibility index (Phi) is 4.01. The van der Waals surface area contributed by atoms with E-state index in [0.717, 1.165) is 24.6 Å². The second kappa shape index (κ2) is 5.82. The summed E-state index contributed by atoms with van der Waals surface area (Å²) in [5.41, 5.74) is 0.529. The van der Waals surface area contributed by atoms with Crippen LogP contribution in [-0.2, 0) is 4.74 Å². The largest absolute Gasteiger partial charge is 0.378 e. The second-order valence-electron chi connectivity index (χ2n) is 8.00. The molecular weight excluding hydrogens is 260 g/mol. The van der Waals surface area contributed by atoms with Crippen LogP contribution in [0.2, 0.25) is 0 Å². The molecule has 0 aromatic rings. The van der Waals surface area contributed by atoms with Crippen molar-refractivity contribution in [2.75, 3.05) is 26.2 Å². The van der Waals surface area contributed by atoms with E-state index in [-0.39, 0.29) is 0 Å². The van der Waals surface area contributed by atoms with Gasteiger partial charge < -0.3 is 15.0 Å². The molecule has 120 valence electrons. The highest BCUT2D eigenvalue weighted by Crippen LogP contribution is 2.57. The lowest BCUT2D eigenvalue weighted by atomic mass is 9.51. The molecule has 4 rings (SSSR count). The zero-order chi connectivity index (χ0) is 14.3. The third-order valence-electron chi connectivity index (χ3n) is 6.68. The Morgan fingerprint density at radius 2 is 1.90 bits per heavy atom. The smallest absolute Gasteiger partial charge is 0.0661 e. The van der Waals surface area contributed by atoms with Gasteiger partial charge in [-0.3, -0.25) is 0 Å². The van der Waals surface area contributed by atoms with Crippen molar-refractivity contribution in [3.05, 3.63) is 0 Å². The highest BCUT2D eigenvalue weighted by Gasteiger charge is 2.59. The third-order valence-corrected chi connectivity index (χ3v) is 6.68. The van der Waals surface area contributed by atoms with Crippen LogP contribution >= 0.6 is 0 Å². The van der Waals surface area contributed by atoms with Gasteiger partial charge >= 0.3 is 0 Å². The molecule has 4 aliphatic rings. The highest BCUT2D eigenvalue weighted by atomic mass is 16.5. The van der Waals surface area contributed by atoms with E-state index >= 15 is 0 Å². The molecule has 0 radical (unpaired) electrons. The van der Waals surface area contributed by atoms with E-state index in [2.05, 4.69) is 17.1 Å². The first-order valence-corrected chi connectivity index (χ1v) is 9.40. The summed E-state index contributed by atoms with van der Waals surface area (Å²) in [4.78, 5) is 2.71. The molecule has 1 heterocycles. The number of hydrogen-bond acceptors (Lipinski definition) is 3. The molecule has 0 unspecified atom stereocenters. The Morgan fingerprint density at radius 3 is 2.48 bits per heavy atom.